The van der Waals surface area contributed by atoms with Gasteiger partial charge in [0.2, 0.25) is 0 Å². The third kappa shape index (κ3) is 3.74. The second-order valence-electron chi connectivity index (χ2n) is 9.65. The highest BCUT2D eigenvalue weighted by atomic mass is 16.4. The number of ether oxygens (including phenoxy) is 1. The molecule has 2 saturated carbocycles. The predicted molar refractivity (Wildman–Crippen MR) is 111 cm³/mol. The fourth-order valence-corrected chi connectivity index (χ4v) is 6.48. The molecular weight excluding hydrogens is 336 g/mol. The average Bonchev–Trinajstić information content (AvgIpc) is 2.62. The molecule has 0 aromatic heterocycles. The van der Waals surface area contributed by atoms with Crippen LogP contribution in [0.4, 0.5) is 0 Å². The fraction of sp³-hybridized carbons (Fsp3) is 0.833. The van der Waals surface area contributed by atoms with E-state index >= 15 is 0 Å². The Morgan fingerprint density at radius 2 is 1.93 bits per heavy atom. The Balaban J connectivity index is 0.000000817. The molecular formula is C24H40O3. The molecule has 3 nitrogen and oxygen atoms in total. The third-order valence-electron chi connectivity index (χ3n) is 8.30. The summed E-state index contributed by atoms with van der Waals surface area (Å²) >= 11 is 0. The SMILES string of the molecule is C#CC(C)(O)C1(C)CC[C@H]2C(CC=C3CC(O)CCC32C)C1CC.COC. The van der Waals surface area contributed by atoms with Crippen molar-refractivity contribution < 1.29 is 14.9 Å². The Kier molecular flexibility index (Phi) is 6.89. The minimum absolute atomic E-state index is 0.154. The van der Waals surface area contributed by atoms with Gasteiger partial charge in [0.05, 0.1) is 6.10 Å². The predicted octanol–water partition coefficient (Wildman–Crippen LogP) is 4.57. The maximum atomic E-state index is 10.9. The molecule has 154 valence electrons. The number of hydrogen-bond acceptors (Lipinski definition) is 3. The standard InChI is InChI=1S/C22H34O2.C2H6O/c1-6-18-17-9-8-15-14-16(23)10-12-20(15,3)19(17)11-13-21(18,4)22(5,24)7-2;1-3-2/h2,8,16-19,23-24H,6,9-14H2,1,3-5H3;1-2H3/t16?,17?,18?,19-,20?,21?,22?;/m0./s1. The van der Waals surface area contributed by atoms with Gasteiger partial charge in [0.25, 0.3) is 0 Å². The molecule has 0 bridgehead atoms. The smallest absolute Gasteiger partial charge is 0.128 e. The molecule has 0 heterocycles. The van der Waals surface area contributed by atoms with E-state index in [2.05, 4.69) is 37.5 Å². The summed E-state index contributed by atoms with van der Waals surface area (Å²) in [6.45, 7) is 8.72. The molecule has 0 radical (unpaired) electrons. The number of allylic oxidation sites excluding steroid dienone is 1. The van der Waals surface area contributed by atoms with E-state index in [4.69, 9.17) is 6.42 Å². The second kappa shape index (κ2) is 8.27. The topological polar surface area (TPSA) is 49.7 Å². The zero-order valence-corrected chi connectivity index (χ0v) is 18.2. The summed E-state index contributed by atoms with van der Waals surface area (Å²) in [6, 6.07) is 0. The van der Waals surface area contributed by atoms with Crippen LogP contribution in [0.2, 0.25) is 0 Å². The number of hydrogen-bond donors (Lipinski definition) is 2. The van der Waals surface area contributed by atoms with Crippen LogP contribution in [0.3, 0.4) is 0 Å². The van der Waals surface area contributed by atoms with Crippen LogP contribution in [0.15, 0.2) is 11.6 Å². The van der Waals surface area contributed by atoms with E-state index in [1.54, 1.807) is 14.2 Å². The molecule has 3 aliphatic carbocycles. The number of aliphatic hydroxyl groups excluding tert-OH is 1. The van der Waals surface area contributed by atoms with Crippen molar-refractivity contribution in [1.82, 2.24) is 0 Å². The molecule has 7 atom stereocenters. The van der Waals surface area contributed by atoms with E-state index in [-0.39, 0.29) is 16.9 Å². The minimum atomic E-state index is -1.05. The van der Waals surface area contributed by atoms with Crippen LogP contribution in [0, 0.1) is 40.9 Å². The normalized spacial score (nSPS) is 43.0. The van der Waals surface area contributed by atoms with Crippen molar-refractivity contribution in [3.63, 3.8) is 0 Å². The Morgan fingerprint density at radius 3 is 2.48 bits per heavy atom. The molecule has 2 fully saturated rings. The maximum absolute atomic E-state index is 10.9. The van der Waals surface area contributed by atoms with Crippen molar-refractivity contribution in [3.8, 4) is 12.3 Å². The second-order valence-corrected chi connectivity index (χ2v) is 9.65. The van der Waals surface area contributed by atoms with E-state index in [0.717, 1.165) is 44.9 Å². The summed E-state index contributed by atoms with van der Waals surface area (Å²) in [6.07, 6.45) is 15.1. The fourth-order valence-electron chi connectivity index (χ4n) is 6.48. The van der Waals surface area contributed by atoms with Crippen molar-refractivity contribution in [3.05, 3.63) is 11.6 Å². The van der Waals surface area contributed by atoms with Crippen LogP contribution in [-0.4, -0.2) is 36.1 Å². The van der Waals surface area contributed by atoms with Gasteiger partial charge in [0.1, 0.15) is 5.60 Å². The largest absolute Gasteiger partial charge is 0.393 e. The minimum Gasteiger partial charge on any atom is -0.393 e. The van der Waals surface area contributed by atoms with Gasteiger partial charge in [-0.2, -0.15) is 0 Å². The van der Waals surface area contributed by atoms with Gasteiger partial charge in [-0.15, -0.1) is 6.42 Å². The molecule has 6 unspecified atom stereocenters. The first-order chi connectivity index (χ1) is 12.6. The molecule has 0 amide bonds. The summed E-state index contributed by atoms with van der Waals surface area (Å²) in [7, 11) is 3.25. The summed E-state index contributed by atoms with van der Waals surface area (Å²) in [4.78, 5) is 0. The molecule has 0 aromatic rings. The lowest BCUT2D eigenvalue weighted by atomic mass is 9.45. The monoisotopic (exact) mass is 376 g/mol. The molecule has 0 aliphatic heterocycles. The molecule has 3 heteroatoms. The van der Waals surface area contributed by atoms with E-state index in [0.29, 0.717) is 17.8 Å². The number of rotatable bonds is 2. The van der Waals surface area contributed by atoms with E-state index in [1.165, 1.54) is 5.57 Å². The first-order valence-electron chi connectivity index (χ1n) is 10.6. The van der Waals surface area contributed by atoms with E-state index in [1.807, 2.05) is 6.92 Å². The lowest BCUT2D eigenvalue weighted by Gasteiger charge is -2.60. The average molecular weight is 377 g/mol. The van der Waals surface area contributed by atoms with E-state index in [9.17, 15) is 10.2 Å². The number of fused-ring (bicyclic) bond motifs is 3. The lowest BCUT2D eigenvalue weighted by molar-refractivity contribution is -0.128. The number of aliphatic hydroxyl groups is 2. The van der Waals surface area contributed by atoms with Crippen LogP contribution in [0.5, 0.6) is 0 Å². The zero-order valence-electron chi connectivity index (χ0n) is 18.2. The van der Waals surface area contributed by atoms with Crippen molar-refractivity contribution in [1.29, 1.82) is 0 Å². The van der Waals surface area contributed by atoms with Crippen LogP contribution in [0.25, 0.3) is 0 Å². The van der Waals surface area contributed by atoms with Gasteiger partial charge in [0, 0.05) is 19.6 Å². The van der Waals surface area contributed by atoms with Crippen molar-refractivity contribution in [2.24, 2.45) is 28.6 Å². The molecule has 2 N–H and O–H groups in total. The van der Waals surface area contributed by atoms with E-state index < -0.39 is 5.60 Å². The highest BCUT2D eigenvalue weighted by molar-refractivity contribution is 5.26. The number of methoxy groups -OCH3 is 1. The maximum Gasteiger partial charge on any atom is 0.128 e. The van der Waals surface area contributed by atoms with Gasteiger partial charge < -0.3 is 14.9 Å². The molecule has 27 heavy (non-hydrogen) atoms. The number of terminal acetylenes is 1. The van der Waals surface area contributed by atoms with Crippen LogP contribution in [0.1, 0.15) is 72.6 Å². The summed E-state index contributed by atoms with van der Waals surface area (Å²) < 4.78 is 4.25. The van der Waals surface area contributed by atoms with Crippen LogP contribution in [-0.2, 0) is 4.74 Å². The van der Waals surface area contributed by atoms with Crippen molar-refractivity contribution in [2.45, 2.75) is 84.3 Å². The first kappa shape index (κ1) is 22.5. The quantitative estimate of drug-likeness (QED) is 0.548. The molecule has 3 rings (SSSR count). The van der Waals surface area contributed by atoms with Gasteiger partial charge in [-0.1, -0.05) is 44.8 Å². The van der Waals surface area contributed by atoms with Gasteiger partial charge in [-0.3, -0.25) is 0 Å². The third-order valence-corrected chi connectivity index (χ3v) is 8.30. The van der Waals surface area contributed by atoms with Gasteiger partial charge >= 0.3 is 0 Å². The Labute approximate surface area is 166 Å². The van der Waals surface area contributed by atoms with Crippen LogP contribution >= 0.6 is 0 Å². The van der Waals surface area contributed by atoms with Crippen LogP contribution < -0.4 is 0 Å². The lowest BCUT2D eigenvalue weighted by Crippen LogP contribution is -2.57. The van der Waals surface area contributed by atoms with Gasteiger partial charge in [-0.05, 0) is 68.6 Å². The molecule has 0 saturated heterocycles. The zero-order chi connectivity index (χ0) is 20.5. The Hall–Kier alpha value is -0.820. The molecule has 0 aromatic carbocycles. The first-order valence-corrected chi connectivity index (χ1v) is 10.6. The summed E-state index contributed by atoms with van der Waals surface area (Å²) in [5.74, 6) is 4.40. The van der Waals surface area contributed by atoms with Crippen molar-refractivity contribution >= 4 is 0 Å². The Bertz CT molecular complexity index is 587. The van der Waals surface area contributed by atoms with Crippen molar-refractivity contribution in [2.75, 3.05) is 14.2 Å². The summed E-state index contributed by atoms with van der Waals surface area (Å²) in [5.41, 5.74) is 0.461. The highest BCUT2D eigenvalue weighted by Gasteiger charge is 2.58. The summed E-state index contributed by atoms with van der Waals surface area (Å²) in [5, 5.41) is 21.0. The Morgan fingerprint density at radius 1 is 1.30 bits per heavy atom. The highest BCUT2D eigenvalue weighted by Crippen LogP contribution is 2.63. The molecule has 0 spiro atoms. The van der Waals surface area contributed by atoms with Gasteiger partial charge in [-0.25, -0.2) is 0 Å². The molecule has 3 aliphatic rings. The van der Waals surface area contributed by atoms with Gasteiger partial charge in [0.15, 0.2) is 0 Å².